The standard InChI is InChI=1S/C9H22Si2/c1-9(11(5,6)7)8-10(2,3)4/h8H,1-7H3. The molecule has 11 heavy (non-hydrogen) atoms. The minimum atomic E-state index is -0.975. The van der Waals surface area contributed by atoms with Gasteiger partial charge in [-0.3, -0.25) is 0 Å². The average molecular weight is 186 g/mol. The third-order valence-electron chi connectivity index (χ3n) is 1.83. The summed E-state index contributed by atoms with van der Waals surface area (Å²) in [7, 11) is -1.93. The second kappa shape index (κ2) is 3.27. The van der Waals surface area contributed by atoms with Crippen molar-refractivity contribution in [3.05, 3.63) is 10.9 Å². The van der Waals surface area contributed by atoms with Gasteiger partial charge in [-0.15, -0.1) is 0 Å². The molecular formula is C9H22Si2. The van der Waals surface area contributed by atoms with Crippen LogP contribution >= 0.6 is 0 Å². The van der Waals surface area contributed by atoms with Crippen molar-refractivity contribution >= 4 is 16.1 Å². The molecule has 2 heteroatoms. The summed E-state index contributed by atoms with van der Waals surface area (Å²) in [6.07, 6.45) is 0. The molecule has 0 fully saturated rings. The summed E-state index contributed by atoms with van der Waals surface area (Å²) in [6, 6.07) is 0. The Balaban J connectivity index is 4.49. The molecule has 0 bridgehead atoms. The van der Waals surface area contributed by atoms with Gasteiger partial charge in [0.1, 0.15) is 0 Å². The van der Waals surface area contributed by atoms with Gasteiger partial charge in [0.15, 0.2) is 0 Å². The Morgan fingerprint density at radius 2 is 1.27 bits per heavy atom. The smallest absolute Gasteiger partial charge is 0.0711 e. The lowest BCUT2D eigenvalue weighted by molar-refractivity contribution is 1.53. The molecule has 0 spiro atoms. The summed E-state index contributed by atoms with van der Waals surface area (Å²) >= 11 is 0. The molecule has 0 heterocycles. The first-order valence-corrected chi connectivity index (χ1v) is 11.4. The molecule has 0 amide bonds. The predicted molar refractivity (Wildman–Crippen MR) is 60.4 cm³/mol. The van der Waals surface area contributed by atoms with Crippen molar-refractivity contribution < 1.29 is 0 Å². The maximum absolute atomic E-state index is 2.55. The molecule has 0 aliphatic heterocycles. The third-order valence-corrected chi connectivity index (χ3v) is 5.93. The summed E-state index contributed by atoms with van der Waals surface area (Å²) in [4.78, 5) is 0. The van der Waals surface area contributed by atoms with E-state index in [1.54, 1.807) is 5.20 Å². The molecule has 0 aromatic heterocycles. The van der Waals surface area contributed by atoms with Gasteiger partial charge in [0.05, 0.1) is 16.1 Å². The van der Waals surface area contributed by atoms with Crippen molar-refractivity contribution in [2.24, 2.45) is 0 Å². The first-order valence-electron chi connectivity index (χ1n) is 4.33. The van der Waals surface area contributed by atoms with E-state index in [4.69, 9.17) is 0 Å². The molecule has 0 aliphatic carbocycles. The first-order chi connectivity index (χ1) is 4.63. The third kappa shape index (κ3) is 5.44. The molecule has 0 saturated heterocycles. The normalized spacial score (nSPS) is 15.4. The molecule has 0 rings (SSSR count). The zero-order valence-corrected chi connectivity index (χ0v) is 11.1. The fraction of sp³-hybridized carbons (Fsp3) is 0.778. The molecule has 0 unspecified atom stereocenters. The number of hydrogen-bond acceptors (Lipinski definition) is 0. The molecule has 0 aromatic rings. The Morgan fingerprint density at radius 1 is 0.909 bits per heavy atom. The van der Waals surface area contributed by atoms with E-state index < -0.39 is 16.1 Å². The van der Waals surface area contributed by atoms with E-state index >= 15 is 0 Å². The van der Waals surface area contributed by atoms with Crippen molar-refractivity contribution in [3.63, 3.8) is 0 Å². The predicted octanol–water partition coefficient (Wildman–Crippen LogP) is 3.69. The van der Waals surface area contributed by atoms with Gasteiger partial charge in [0.25, 0.3) is 0 Å². The molecule has 0 radical (unpaired) electrons. The Morgan fingerprint density at radius 3 is 1.36 bits per heavy atom. The van der Waals surface area contributed by atoms with Crippen LogP contribution in [0.4, 0.5) is 0 Å². The Kier molecular flexibility index (Phi) is 3.32. The summed E-state index contributed by atoms with van der Waals surface area (Å²) in [5.41, 5.74) is 2.55. The number of rotatable bonds is 2. The van der Waals surface area contributed by atoms with Crippen LogP contribution in [0.2, 0.25) is 39.3 Å². The summed E-state index contributed by atoms with van der Waals surface area (Å²) in [6.45, 7) is 16.8. The second-order valence-corrected chi connectivity index (χ2v) is 15.8. The summed E-state index contributed by atoms with van der Waals surface area (Å²) in [5, 5.41) is 1.68. The van der Waals surface area contributed by atoms with Crippen LogP contribution in [0.3, 0.4) is 0 Å². The molecule has 66 valence electrons. The van der Waals surface area contributed by atoms with Gasteiger partial charge < -0.3 is 0 Å². The van der Waals surface area contributed by atoms with E-state index in [-0.39, 0.29) is 0 Å². The highest BCUT2D eigenvalue weighted by atomic mass is 28.3. The Labute approximate surface area is 73.7 Å². The lowest BCUT2D eigenvalue weighted by Crippen LogP contribution is -2.27. The van der Waals surface area contributed by atoms with Crippen molar-refractivity contribution in [2.45, 2.75) is 46.2 Å². The quantitative estimate of drug-likeness (QED) is 0.577. The van der Waals surface area contributed by atoms with Crippen molar-refractivity contribution in [1.82, 2.24) is 0 Å². The van der Waals surface area contributed by atoms with E-state index in [9.17, 15) is 0 Å². The highest BCUT2D eigenvalue weighted by Gasteiger charge is 2.18. The molecular weight excluding hydrogens is 164 g/mol. The van der Waals surface area contributed by atoms with E-state index in [0.29, 0.717) is 0 Å². The fourth-order valence-corrected chi connectivity index (χ4v) is 5.20. The molecule has 0 aromatic carbocycles. The maximum atomic E-state index is 2.55. The molecule has 0 aliphatic rings. The van der Waals surface area contributed by atoms with E-state index in [0.717, 1.165) is 0 Å². The van der Waals surface area contributed by atoms with Crippen LogP contribution in [-0.4, -0.2) is 16.1 Å². The minimum absolute atomic E-state index is 0.957. The lowest BCUT2D eigenvalue weighted by Gasteiger charge is -2.21. The highest BCUT2D eigenvalue weighted by Crippen LogP contribution is 2.16. The van der Waals surface area contributed by atoms with Gasteiger partial charge in [-0.25, -0.2) is 0 Å². The Hall–Kier alpha value is 0.174. The second-order valence-electron chi connectivity index (χ2n) is 5.44. The van der Waals surface area contributed by atoms with E-state index in [1.807, 2.05) is 0 Å². The van der Waals surface area contributed by atoms with Crippen LogP contribution in [0.25, 0.3) is 0 Å². The lowest BCUT2D eigenvalue weighted by atomic mass is 10.7. The SMILES string of the molecule is CC(=C[Si](C)(C)C)[Si](C)(C)C. The molecule has 0 saturated carbocycles. The van der Waals surface area contributed by atoms with Gasteiger partial charge in [0, 0.05) is 0 Å². The van der Waals surface area contributed by atoms with Crippen molar-refractivity contribution in [2.75, 3.05) is 0 Å². The van der Waals surface area contributed by atoms with Gasteiger partial charge >= 0.3 is 0 Å². The van der Waals surface area contributed by atoms with Gasteiger partial charge in [-0.1, -0.05) is 50.2 Å². The van der Waals surface area contributed by atoms with E-state index in [1.165, 1.54) is 0 Å². The van der Waals surface area contributed by atoms with Crippen LogP contribution in [0, 0.1) is 0 Å². The highest BCUT2D eigenvalue weighted by molar-refractivity contribution is 6.87. The van der Waals surface area contributed by atoms with Crippen molar-refractivity contribution in [1.29, 1.82) is 0 Å². The van der Waals surface area contributed by atoms with Crippen LogP contribution in [0.15, 0.2) is 10.9 Å². The fourth-order valence-electron chi connectivity index (χ4n) is 0.866. The zero-order valence-electron chi connectivity index (χ0n) is 9.08. The summed E-state index contributed by atoms with van der Waals surface area (Å²) in [5.74, 6) is 0. The number of hydrogen-bond donors (Lipinski definition) is 0. The monoisotopic (exact) mass is 186 g/mol. The van der Waals surface area contributed by atoms with Crippen LogP contribution in [0.5, 0.6) is 0 Å². The molecule has 0 nitrogen and oxygen atoms in total. The van der Waals surface area contributed by atoms with Crippen LogP contribution < -0.4 is 0 Å². The van der Waals surface area contributed by atoms with Crippen LogP contribution in [-0.2, 0) is 0 Å². The number of allylic oxidation sites excluding steroid dienone is 1. The summed E-state index contributed by atoms with van der Waals surface area (Å²) < 4.78 is 0. The molecule has 0 N–H and O–H groups in total. The zero-order chi connectivity index (χ0) is 9.28. The maximum Gasteiger partial charge on any atom is 0.0711 e. The molecule has 0 atom stereocenters. The van der Waals surface area contributed by atoms with Gasteiger partial charge in [-0.2, -0.15) is 0 Å². The topological polar surface area (TPSA) is 0 Å². The average Bonchev–Trinajstić information content (AvgIpc) is 1.56. The van der Waals surface area contributed by atoms with Gasteiger partial charge in [-0.05, 0) is 6.92 Å². The first kappa shape index (κ1) is 11.2. The van der Waals surface area contributed by atoms with E-state index in [2.05, 4.69) is 51.9 Å². The Bertz CT molecular complexity index is 155. The van der Waals surface area contributed by atoms with Gasteiger partial charge in [0.2, 0.25) is 0 Å². The van der Waals surface area contributed by atoms with Crippen LogP contribution in [0.1, 0.15) is 6.92 Å². The van der Waals surface area contributed by atoms with Crippen molar-refractivity contribution in [3.8, 4) is 0 Å². The minimum Gasteiger partial charge on any atom is -0.0998 e. The largest absolute Gasteiger partial charge is 0.0998 e.